The molecule has 11 heavy (non-hydrogen) atoms. The summed E-state index contributed by atoms with van der Waals surface area (Å²) in [5, 5.41) is 0. The fourth-order valence-corrected chi connectivity index (χ4v) is 0.841. The first kappa shape index (κ1) is 10.7. The van der Waals surface area contributed by atoms with Gasteiger partial charge in [0, 0.05) is 6.61 Å². The van der Waals surface area contributed by atoms with Gasteiger partial charge in [-0.1, -0.05) is 26.0 Å². The Morgan fingerprint density at radius 3 is 2.64 bits per heavy atom. The van der Waals surface area contributed by atoms with Gasteiger partial charge in [0.05, 0.1) is 6.61 Å². The highest BCUT2D eigenvalue weighted by Gasteiger charge is 1.92. The molecule has 0 saturated heterocycles. The maximum Gasteiger partial charge on any atom is 0.0647 e. The molecule has 0 heterocycles. The van der Waals surface area contributed by atoms with Gasteiger partial charge in [0.25, 0.3) is 0 Å². The summed E-state index contributed by atoms with van der Waals surface area (Å²) in [7, 11) is 0. The fourth-order valence-electron chi connectivity index (χ4n) is 0.841. The van der Waals surface area contributed by atoms with Crippen molar-refractivity contribution in [1.29, 1.82) is 0 Å². The molecule has 0 amide bonds. The first-order valence-electron chi connectivity index (χ1n) is 4.46. The van der Waals surface area contributed by atoms with Crippen LogP contribution in [-0.2, 0) is 4.74 Å². The Balaban J connectivity index is 2.91. The Kier molecular flexibility index (Phi) is 7.59. The second kappa shape index (κ2) is 7.80. The Morgan fingerprint density at radius 1 is 1.36 bits per heavy atom. The molecule has 1 heteroatoms. The average molecular weight is 156 g/mol. The van der Waals surface area contributed by atoms with Crippen LogP contribution >= 0.6 is 0 Å². The Labute approximate surface area is 70.4 Å². The lowest BCUT2D eigenvalue weighted by Crippen LogP contribution is -1.96. The minimum absolute atomic E-state index is 0.772. The van der Waals surface area contributed by atoms with Gasteiger partial charge in [0.15, 0.2) is 0 Å². The van der Waals surface area contributed by atoms with Gasteiger partial charge in [-0.05, 0) is 25.7 Å². The van der Waals surface area contributed by atoms with Gasteiger partial charge >= 0.3 is 0 Å². The number of rotatable bonds is 6. The molecule has 0 aliphatic heterocycles. The molecule has 0 aromatic rings. The van der Waals surface area contributed by atoms with Crippen LogP contribution in [0.5, 0.6) is 0 Å². The van der Waals surface area contributed by atoms with E-state index in [4.69, 9.17) is 4.74 Å². The van der Waals surface area contributed by atoms with Gasteiger partial charge < -0.3 is 4.74 Å². The van der Waals surface area contributed by atoms with Crippen molar-refractivity contribution in [1.82, 2.24) is 0 Å². The molecular formula is C10H20O. The number of ether oxygens (including phenoxy) is 1. The first-order valence-corrected chi connectivity index (χ1v) is 4.46. The number of allylic oxidation sites excluding steroid dienone is 1. The molecular weight excluding hydrogens is 136 g/mol. The molecule has 0 N–H and O–H groups in total. The highest BCUT2D eigenvalue weighted by atomic mass is 16.5. The van der Waals surface area contributed by atoms with Crippen LogP contribution in [0.4, 0.5) is 0 Å². The Hall–Kier alpha value is -0.300. The molecule has 0 radical (unpaired) electrons. The molecule has 1 nitrogen and oxygen atoms in total. The molecule has 0 unspecified atom stereocenters. The minimum Gasteiger partial charge on any atom is -0.377 e. The molecule has 0 aliphatic rings. The second-order valence-corrected chi connectivity index (χ2v) is 3.18. The predicted molar refractivity (Wildman–Crippen MR) is 49.7 cm³/mol. The summed E-state index contributed by atoms with van der Waals surface area (Å²) in [4.78, 5) is 0. The van der Waals surface area contributed by atoms with Crippen LogP contribution in [-0.4, -0.2) is 13.2 Å². The van der Waals surface area contributed by atoms with Crippen LogP contribution in [0.3, 0.4) is 0 Å². The monoisotopic (exact) mass is 156 g/mol. The van der Waals surface area contributed by atoms with Crippen LogP contribution in [0.2, 0.25) is 0 Å². The van der Waals surface area contributed by atoms with Gasteiger partial charge in [-0.25, -0.2) is 0 Å². The third-order valence-electron chi connectivity index (χ3n) is 1.52. The maximum absolute atomic E-state index is 5.34. The quantitative estimate of drug-likeness (QED) is 0.424. The molecule has 0 atom stereocenters. The largest absolute Gasteiger partial charge is 0.377 e. The van der Waals surface area contributed by atoms with E-state index in [1.165, 1.54) is 12.8 Å². The number of hydrogen-bond donors (Lipinski definition) is 0. The van der Waals surface area contributed by atoms with Crippen molar-refractivity contribution in [3.8, 4) is 0 Å². The van der Waals surface area contributed by atoms with Crippen LogP contribution in [0.25, 0.3) is 0 Å². The van der Waals surface area contributed by atoms with Crippen LogP contribution in [0.1, 0.15) is 33.6 Å². The lowest BCUT2D eigenvalue weighted by molar-refractivity contribution is 0.154. The summed E-state index contributed by atoms with van der Waals surface area (Å²) in [6.45, 7) is 8.17. The van der Waals surface area contributed by atoms with Gasteiger partial charge in [-0.15, -0.1) is 0 Å². The topological polar surface area (TPSA) is 9.23 Å². The smallest absolute Gasteiger partial charge is 0.0647 e. The van der Waals surface area contributed by atoms with Crippen LogP contribution < -0.4 is 0 Å². The predicted octanol–water partition coefficient (Wildman–Crippen LogP) is 3.02. The summed E-state index contributed by atoms with van der Waals surface area (Å²) in [5.41, 5.74) is 0. The molecule has 0 rings (SSSR count). The average Bonchev–Trinajstić information content (AvgIpc) is 1.96. The van der Waals surface area contributed by atoms with Crippen molar-refractivity contribution in [2.45, 2.75) is 33.6 Å². The SMILES string of the molecule is C/C=C\COCCCC(C)C. The van der Waals surface area contributed by atoms with E-state index in [-0.39, 0.29) is 0 Å². The molecule has 0 aromatic carbocycles. The molecule has 0 spiro atoms. The highest BCUT2D eigenvalue weighted by molar-refractivity contribution is 4.75. The molecule has 0 saturated carbocycles. The van der Waals surface area contributed by atoms with E-state index in [0.717, 1.165) is 19.1 Å². The fraction of sp³-hybridized carbons (Fsp3) is 0.800. The van der Waals surface area contributed by atoms with Crippen molar-refractivity contribution >= 4 is 0 Å². The van der Waals surface area contributed by atoms with E-state index in [0.29, 0.717) is 0 Å². The van der Waals surface area contributed by atoms with E-state index >= 15 is 0 Å². The second-order valence-electron chi connectivity index (χ2n) is 3.18. The van der Waals surface area contributed by atoms with Crippen molar-refractivity contribution in [3.63, 3.8) is 0 Å². The van der Waals surface area contributed by atoms with E-state index in [1.54, 1.807) is 0 Å². The van der Waals surface area contributed by atoms with Crippen molar-refractivity contribution < 1.29 is 4.74 Å². The summed E-state index contributed by atoms with van der Waals surface area (Å²) in [5.74, 6) is 0.806. The molecule has 0 aliphatic carbocycles. The molecule has 0 fully saturated rings. The first-order chi connectivity index (χ1) is 5.27. The van der Waals surface area contributed by atoms with Gasteiger partial charge in [-0.3, -0.25) is 0 Å². The Morgan fingerprint density at radius 2 is 2.09 bits per heavy atom. The zero-order valence-corrected chi connectivity index (χ0v) is 7.97. The van der Waals surface area contributed by atoms with Crippen molar-refractivity contribution in [3.05, 3.63) is 12.2 Å². The summed E-state index contributed by atoms with van der Waals surface area (Å²) < 4.78 is 5.34. The molecule has 0 aromatic heterocycles. The summed E-state index contributed by atoms with van der Waals surface area (Å²) in [6, 6.07) is 0. The lowest BCUT2D eigenvalue weighted by Gasteiger charge is -2.03. The van der Waals surface area contributed by atoms with Crippen molar-refractivity contribution in [2.24, 2.45) is 5.92 Å². The standard InChI is InChI=1S/C10H20O/c1-4-5-8-11-9-6-7-10(2)3/h4-5,10H,6-9H2,1-3H3/b5-4-. The van der Waals surface area contributed by atoms with Gasteiger partial charge in [-0.2, -0.15) is 0 Å². The lowest BCUT2D eigenvalue weighted by atomic mass is 10.1. The third kappa shape index (κ3) is 9.70. The van der Waals surface area contributed by atoms with Gasteiger partial charge in [0.2, 0.25) is 0 Å². The van der Waals surface area contributed by atoms with Crippen LogP contribution in [0, 0.1) is 5.92 Å². The van der Waals surface area contributed by atoms with Crippen LogP contribution in [0.15, 0.2) is 12.2 Å². The maximum atomic E-state index is 5.34. The highest BCUT2D eigenvalue weighted by Crippen LogP contribution is 2.02. The zero-order chi connectivity index (χ0) is 8.53. The van der Waals surface area contributed by atoms with Gasteiger partial charge in [0.1, 0.15) is 0 Å². The summed E-state index contributed by atoms with van der Waals surface area (Å²) in [6.07, 6.45) is 6.52. The van der Waals surface area contributed by atoms with E-state index in [1.807, 2.05) is 19.1 Å². The summed E-state index contributed by atoms with van der Waals surface area (Å²) >= 11 is 0. The van der Waals surface area contributed by atoms with E-state index in [2.05, 4.69) is 13.8 Å². The third-order valence-corrected chi connectivity index (χ3v) is 1.52. The van der Waals surface area contributed by atoms with E-state index in [9.17, 15) is 0 Å². The molecule has 66 valence electrons. The molecule has 0 bridgehead atoms. The number of hydrogen-bond acceptors (Lipinski definition) is 1. The van der Waals surface area contributed by atoms with E-state index < -0.39 is 0 Å². The van der Waals surface area contributed by atoms with Crippen molar-refractivity contribution in [2.75, 3.05) is 13.2 Å². The minimum atomic E-state index is 0.772. The Bertz CT molecular complexity index is 95.0. The normalized spacial score (nSPS) is 11.6. The zero-order valence-electron chi connectivity index (χ0n) is 7.97.